The van der Waals surface area contributed by atoms with Gasteiger partial charge in [0.1, 0.15) is 5.75 Å². The first kappa shape index (κ1) is 17.0. The van der Waals surface area contributed by atoms with Crippen molar-refractivity contribution in [1.82, 2.24) is 0 Å². The van der Waals surface area contributed by atoms with E-state index in [1.165, 1.54) is 16.7 Å². The van der Waals surface area contributed by atoms with Crippen LogP contribution in [0.2, 0.25) is 0 Å². The van der Waals surface area contributed by atoms with Gasteiger partial charge in [0.25, 0.3) is 0 Å². The molecule has 0 aliphatic carbocycles. The first-order valence-corrected chi connectivity index (χ1v) is 7.34. The van der Waals surface area contributed by atoms with Gasteiger partial charge in [0.05, 0.1) is 7.11 Å². The van der Waals surface area contributed by atoms with Gasteiger partial charge >= 0.3 is 0 Å². The van der Waals surface area contributed by atoms with Crippen molar-refractivity contribution < 1.29 is 4.74 Å². The van der Waals surface area contributed by atoms with Crippen molar-refractivity contribution >= 4 is 12.2 Å². The molecule has 2 heteroatoms. The standard InChI is InChI=1S/C17H18O.C2H7N/c1-3-14-4-6-15(7-5-14)8-9-16-10-12-17(18-2)13-11-16;1-2-3/h4-13H,3H2,1-2H3;2-3H2,1H3/b9-8+;. The van der Waals surface area contributed by atoms with Crippen LogP contribution in [0.25, 0.3) is 12.2 Å². The second-order valence-corrected chi connectivity index (χ2v) is 4.61. The summed E-state index contributed by atoms with van der Waals surface area (Å²) in [7, 11) is 1.68. The minimum atomic E-state index is 0.750. The van der Waals surface area contributed by atoms with Gasteiger partial charge in [0.2, 0.25) is 0 Å². The van der Waals surface area contributed by atoms with E-state index in [2.05, 4.69) is 55.5 Å². The van der Waals surface area contributed by atoms with Crippen LogP contribution >= 0.6 is 0 Å². The zero-order chi connectivity index (χ0) is 15.5. The van der Waals surface area contributed by atoms with Crippen LogP contribution in [0, 0.1) is 0 Å². The molecule has 0 spiro atoms. The second-order valence-electron chi connectivity index (χ2n) is 4.61. The maximum Gasteiger partial charge on any atom is 0.118 e. The third-order valence-corrected chi connectivity index (χ3v) is 2.97. The van der Waals surface area contributed by atoms with Gasteiger partial charge in [-0.25, -0.2) is 0 Å². The summed E-state index contributed by atoms with van der Waals surface area (Å²) in [5.74, 6) is 0.888. The van der Waals surface area contributed by atoms with E-state index in [1.54, 1.807) is 7.11 Å². The minimum Gasteiger partial charge on any atom is -0.497 e. The Kier molecular flexibility index (Phi) is 7.92. The molecule has 0 aliphatic rings. The Morgan fingerprint density at radius 1 is 0.857 bits per heavy atom. The molecule has 21 heavy (non-hydrogen) atoms. The van der Waals surface area contributed by atoms with Gasteiger partial charge in [0, 0.05) is 0 Å². The minimum absolute atomic E-state index is 0.750. The van der Waals surface area contributed by atoms with Gasteiger partial charge in [-0.15, -0.1) is 0 Å². The van der Waals surface area contributed by atoms with Crippen LogP contribution in [0.5, 0.6) is 5.75 Å². The molecule has 0 bridgehead atoms. The van der Waals surface area contributed by atoms with Gasteiger partial charge in [-0.05, 0) is 41.8 Å². The van der Waals surface area contributed by atoms with Gasteiger partial charge in [-0.1, -0.05) is 62.4 Å². The lowest BCUT2D eigenvalue weighted by Gasteiger charge is -2.00. The number of benzene rings is 2. The number of hydrogen-bond acceptors (Lipinski definition) is 2. The summed E-state index contributed by atoms with van der Waals surface area (Å²) >= 11 is 0. The molecule has 0 heterocycles. The molecule has 0 aromatic heterocycles. The number of ether oxygens (including phenoxy) is 1. The SMILES string of the molecule is CCN.CCc1ccc(/C=C/c2ccc(OC)cc2)cc1. The van der Waals surface area contributed by atoms with Crippen molar-refractivity contribution in [2.45, 2.75) is 20.3 Å². The fourth-order valence-corrected chi connectivity index (χ4v) is 1.77. The third kappa shape index (κ3) is 6.28. The number of hydrogen-bond donors (Lipinski definition) is 1. The summed E-state index contributed by atoms with van der Waals surface area (Å²) in [5.41, 5.74) is 8.62. The quantitative estimate of drug-likeness (QED) is 0.844. The Morgan fingerprint density at radius 2 is 1.29 bits per heavy atom. The zero-order valence-electron chi connectivity index (χ0n) is 13.2. The molecule has 0 atom stereocenters. The fraction of sp³-hybridized carbons (Fsp3) is 0.263. The van der Waals surface area contributed by atoms with E-state index in [0.717, 1.165) is 18.7 Å². The number of rotatable bonds is 4. The van der Waals surface area contributed by atoms with Gasteiger partial charge in [0.15, 0.2) is 0 Å². The van der Waals surface area contributed by atoms with Crippen molar-refractivity contribution in [1.29, 1.82) is 0 Å². The van der Waals surface area contributed by atoms with Crippen molar-refractivity contribution in [2.24, 2.45) is 5.73 Å². The lowest BCUT2D eigenvalue weighted by Crippen LogP contribution is -1.87. The van der Waals surface area contributed by atoms with Crippen molar-refractivity contribution in [3.05, 3.63) is 65.2 Å². The van der Waals surface area contributed by atoms with Crippen molar-refractivity contribution in [2.75, 3.05) is 13.7 Å². The lowest BCUT2D eigenvalue weighted by molar-refractivity contribution is 0.415. The number of aryl methyl sites for hydroxylation is 1. The summed E-state index contributed by atoms with van der Waals surface area (Å²) in [4.78, 5) is 0. The maximum absolute atomic E-state index is 5.13. The third-order valence-electron chi connectivity index (χ3n) is 2.97. The van der Waals surface area contributed by atoms with Crippen LogP contribution in [0.15, 0.2) is 48.5 Å². The van der Waals surface area contributed by atoms with E-state index in [0.29, 0.717) is 0 Å². The summed E-state index contributed by atoms with van der Waals surface area (Å²) < 4.78 is 5.13. The van der Waals surface area contributed by atoms with Gasteiger partial charge in [-0.2, -0.15) is 0 Å². The van der Waals surface area contributed by atoms with Crippen LogP contribution in [0.1, 0.15) is 30.5 Å². The molecule has 112 valence electrons. The van der Waals surface area contributed by atoms with E-state index < -0.39 is 0 Å². The highest BCUT2D eigenvalue weighted by Gasteiger charge is 1.91. The average molecular weight is 283 g/mol. The predicted molar refractivity (Wildman–Crippen MR) is 92.5 cm³/mol. The molecule has 2 rings (SSSR count). The molecule has 0 saturated heterocycles. The molecule has 2 nitrogen and oxygen atoms in total. The number of methoxy groups -OCH3 is 1. The Morgan fingerprint density at radius 3 is 1.67 bits per heavy atom. The molecule has 2 aromatic carbocycles. The van der Waals surface area contributed by atoms with E-state index in [4.69, 9.17) is 10.5 Å². The van der Waals surface area contributed by atoms with Crippen LogP contribution < -0.4 is 10.5 Å². The summed E-state index contributed by atoms with van der Waals surface area (Å²) in [6.07, 6.45) is 5.32. The predicted octanol–water partition coefficient (Wildman–Crippen LogP) is 4.39. The highest BCUT2D eigenvalue weighted by atomic mass is 16.5. The summed E-state index contributed by atoms with van der Waals surface area (Å²) in [5, 5.41) is 0. The maximum atomic E-state index is 5.13. The molecule has 2 aromatic rings. The topological polar surface area (TPSA) is 35.2 Å². The van der Waals surface area contributed by atoms with E-state index >= 15 is 0 Å². The molecule has 0 fully saturated rings. The fourth-order valence-electron chi connectivity index (χ4n) is 1.77. The molecule has 0 unspecified atom stereocenters. The number of nitrogens with two attached hydrogens (primary N) is 1. The van der Waals surface area contributed by atoms with Crippen LogP contribution in [-0.2, 0) is 6.42 Å². The largest absolute Gasteiger partial charge is 0.497 e. The molecule has 0 saturated carbocycles. The lowest BCUT2D eigenvalue weighted by atomic mass is 10.1. The Labute approximate surface area is 128 Å². The summed E-state index contributed by atoms with van der Waals surface area (Å²) in [6.45, 7) is 4.82. The first-order chi connectivity index (χ1) is 10.2. The van der Waals surface area contributed by atoms with Crippen molar-refractivity contribution in [3.63, 3.8) is 0 Å². The van der Waals surface area contributed by atoms with E-state index in [9.17, 15) is 0 Å². The van der Waals surface area contributed by atoms with Gasteiger partial charge < -0.3 is 10.5 Å². The van der Waals surface area contributed by atoms with E-state index in [-0.39, 0.29) is 0 Å². The molecular weight excluding hydrogens is 258 g/mol. The smallest absolute Gasteiger partial charge is 0.118 e. The van der Waals surface area contributed by atoms with Gasteiger partial charge in [-0.3, -0.25) is 0 Å². The molecule has 0 aliphatic heterocycles. The normalized spacial score (nSPS) is 10.1. The van der Waals surface area contributed by atoms with Crippen LogP contribution in [0.3, 0.4) is 0 Å². The Bertz CT molecular complexity index is 477. The molecule has 2 N–H and O–H groups in total. The monoisotopic (exact) mass is 283 g/mol. The highest BCUT2D eigenvalue weighted by molar-refractivity contribution is 5.69. The zero-order valence-corrected chi connectivity index (χ0v) is 13.2. The second kappa shape index (κ2) is 9.78. The van der Waals surface area contributed by atoms with E-state index in [1.807, 2.05) is 19.1 Å². The summed E-state index contributed by atoms with van der Waals surface area (Å²) in [6, 6.07) is 16.7. The average Bonchev–Trinajstić information content (AvgIpc) is 2.54. The van der Waals surface area contributed by atoms with Crippen LogP contribution in [0.4, 0.5) is 0 Å². The Hall–Kier alpha value is -2.06. The Balaban J connectivity index is 0.000000677. The molecular formula is C19H25NO. The van der Waals surface area contributed by atoms with Crippen molar-refractivity contribution in [3.8, 4) is 5.75 Å². The van der Waals surface area contributed by atoms with Crippen LogP contribution in [-0.4, -0.2) is 13.7 Å². The molecule has 0 radical (unpaired) electrons. The highest BCUT2D eigenvalue weighted by Crippen LogP contribution is 2.14. The molecule has 0 amide bonds. The first-order valence-electron chi connectivity index (χ1n) is 7.34.